The van der Waals surface area contributed by atoms with Gasteiger partial charge in [-0.25, -0.2) is 0 Å². The van der Waals surface area contributed by atoms with E-state index in [0.29, 0.717) is 12.1 Å². The Labute approximate surface area is 112 Å². The summed E-state index contributed by atoms with van der Waals surface area (Å²) >= 11 is 0. The zero-order chi connectivity index (χ0) is 15.2. The first-order valence-electron chi connectivity index (χ1n) is 5.74. The number of hydrogen-bond donors (Lipinski definition) is 2. The Bertz CT molecular complexity index is 617. The van der Waals surface area contributed by atoms with Gasteiger partial charge in [0, 0.05) is 5.56 Å². The van der Waals surface area contributed by atoms with Crippen molar-refractivity contribution in [2.75, 3.05) is 0 Å². The molecule has 106 valence electrons. The molecule has 7 heteroatoms. The van der Waals surface area contributed by atoms with Gasteiger partial charge in [-0.2, -0.15) is 18.4 Å². The van der Waals surface area contributed by atoms with Crippen molar-refractivity contribution in [3.05, 3.63) is 34.4 Å². The van der Waals surface area contributed by atoms with E-state index in [1.807, 2.05) is 0 Å². The molecular formula is C13H10F3NO3. The van der Waals surface area contributed by atoms with Gasteiger partial charge in [0.2, 0.25) is 0 Å². The normalized spacial score (nSPS) is 23.4. The van der Waals surface area contributed by atoms with Crippen LogP contribution in [0.5, 0.6) is 0 Å². The van der Waals surface area contributed by atoms with Gasteiger partial charge in [-0.3, -0.25) is 4.79 Å². The summed E-state index contributed by atoms with van der Waals surface area (Å²) in [6, 6.07) is 2.77. The monoisotopic (exact) mass is 285 g/mol. The van der Waals surface area contributed by atoms with Gasteiger partial charge in [0.1, 0.15) is 0 Å². The maximum Gasteiger partial charge on any atom is 0.416 e. The van der Waals surface area contributed by atoms with Crippen molar-refractivity contribution in [2.45, 2.75) is 25.3 Å². The molecule has 0 aromatic heterocycles. The second-order valence-corrected chi connectivity index (χ2v) is 4.67. The number of rotatable bonds is 1. The number of alkyl halides is 3. The predicted octanol–water partition coefficient (Wildman–Crippen LogP) is 1.80. The molecule has 1 aromatic carbocycles. The van der Waals surface area contributed by atoms with E-state index in [4.69, 9.17) is 5.26 Å². The van der Waals surface area contributed by atoms with Crippen LogP contribution in [0.1, 0.15) is 40.1 Å². The van der Waals surface area contributed by atoms with Crippen LogP contribution in [0, 0.1) is 17.2 Å². The summed E-state index contributed by atoms with van der Waals surface area (Å²) < 4.78 is 38.2. The first-order chi connectivity index (χ1) is 9.18. The van der Waals surface area contributed by atoms with Crippen LogP contribution in [-0.4, -0.2) is 22.1 Å². The highest BCUT2D eigenvalue weighted by Crippen LogP contribution is 2.42. The lowest BCUT2D eigenvalue weighted by Crippen LogP contribution is -2.25. The van der Waals surface area contributed by atoms with Gasteiger partial charge >= 0.3 is 6.18 Å². The number of ketones is 1. The number of Topliss-reactive ketones (excluding diaryl/α,β-unsaturated/α-hetero) is 1. The van der Waals surface area contributed by atoms with E-state index < -0.39 is 41.2 Å². The average molecular weight is 285 g/mol. The SMILES string of the molecule is CC(O)C1C(=O)c2c(C#N)cc(C(F)(F)F)cc2C1O. The summed E-state index contributed by atoms with van der Waals surface area (Å²) in [6.45, 7) is 1.26. The second kappa shape index (κ2) is 4.58. The van der Waals surface area contributed by atoms with Gasteiger partial charge in [-0.05, 0) is 24.6 Å². The van der Waals surface area contributed by atoms with Crippen LogP contribution in [0.2, 0.25) is 0 Å². The van der Waals surface area contributed by atoms with E-state index >= 15 is 0 Å². The largest absolute Gasteiger partial charge is 0.416 e. The van der Waals surface area contributed by atoms with Crippen LogP contribution >= 0.6 is 0 Å². The number of nitriles is 1. The highest BCUT2D eigenvalue weighted by atomic mass is 19.4. The third kappa shape index (κ3) is 2.07. The first-order valence-corrected chi connectivity index (χ1v) is 5.74. The van der Waals surface area contributed by atoms with E-state index in [2.05, 4.69) is 0 Å². The Morgan fingerprint density at radius 2 is 2.00 bits per heavy atom. The molecule has 3 unspecified atom stereocenters. The van der Waals surface area contributed by atoms with Crippen molar-refractivity contribution >= 4 is 5.78 Å². The highest BCUT2D eigenvalue weighted by Gasteiger charge is 2.45. The Hall–Kier alpha value is -1.91. The van der Waals surface area contributed by atoms with Gasteiger partial charge in [-0.1, -0.05) is 0 Å². The van der Waals surface area contributed by atoms with E-state index in [0.717, 1.165) is 0 Å². The Balaban J connectivity index is 2.69. The molecule has 1 aliphatic carbocycles. The van der Waals surface area contributed by atoms with Crippen molar-refractivity contribution in [1.29, 1.82) is 5.26 Å². The first kappa shape index (κ1) is 14.5. The lowest BCUT2D eigenvalue weighted by molar-refractivity contribution is -0.137. The highest BCUT2D eigenvalue weighted by molar-refractivity contribution is 6.05. The van der Waals surface area contributed by atoms with E-state index in [-0.39, 0.29) is 11.1 Å². The molecule has 2 N–H and O–H groups in total. The smallest absolute Gasteiger partial charge is 0.393 e. The van der Waals surface area contributed by atoms with Crippen LogP contribution in [0.4, 0.5) is 13.2 Å². The fraction of sp³-hybridized carbons (Fsp3) is 0.385. The molecule has 3 atom stereocenters. The van der Waals surface area contributed by atoms with Gasteiger partial charge in [0.15, 0.2) is 5.78 Å². The molecule has 0 spiro atoms. The molecule has 0 fully saturated rings. The number of halogens is 3. The van der Waals surface area contributed by atoms with Gasteiger partial charge in [0.25, 0.3) is 0 Å². The fourth-order valence-electron chi connectivity index (χ4n) is 2.41. The Kier molecular flexibility index (Phi) is 3.32. The van der Waals surface area contributed by atoms with Gasteiger partial charge in [0.05, 0.1) is 35.3 Å². The average Bonchev–Trinajstić information content (AvgIpc) is 2.59. The number of aliphatic hydroxyl groups is 2. The molecule has 0 heterocycles. The number of nitrogens with zero attached hydrogens (tertiary/aromatic N) is 1. The topological polar surface area (TPSA) is 81.3 Å². The number of benzene rings is 1. The molecule has 2 rings (SSSR count). The predicted molar refractivity (Wildman–Crippen MR) is 60.6 cm³/mol. The summed E-state index contributed by atoms with van der Waals surface area (Å²) in [5.74, 6) is -1.96. The van der Waals surface area contributed by atoms with Crippen LogP contribution in [0.3, 0.4) is 0 Å². The number of fused-ring (bicyclic) bond motifs is 1. The van der Waals surface area contributed by atoms with Crippen LogP contribution in [0.25, 0.3) is 0 Å². The standard InChI is InChI=1S/C13H10F3NO3/c1-5(18)9-11(19)8-3-7(13(14,15)16)2-6(4-17)10(8)12(9)20/h2-3,5,9,11,18-19H,1H3. The van der Waals surface area contributed by atoms with Crippen molar-refractivity contribution in [3.63, 3.8) is 0 Å². The van der Waals surface area contributed by atoms with Crippen molar-refractivity contribution in [3.8, 4) is 6.07 Å². The summed E-state index contributed by atoms with van der Waals surface area (Å²) in [5, 5.41) is 28.3. The van der Waals surface area contributed by atoms with E-state index in [9.17, 15) is 28.2 Å². The van der Waals surface area contributed by atoms with E-state index in [1.54, 1.807) is 0 Å². The zero-order valence-corrected chi connectivity index (χ0v) is 10.3. The van der Waals surface area contributed by atoms with Gasteiger partial charge in [-0.15, -0.1) is 0 Å². The van der Waals surface area contributed by atoms with Crippen molar-refractivity contribution in [2.24, 2.45) is 5.92 Å². The minimum absolute atomic E-state index is 0.237. The number of aliphatic hydroxyl groups excluding tert-OH is 2. The van der Waals surface area contributed by atoms with Crippen LogP contribution < -0.4 is 0 Å². The second-order valence-electron chi connectivity index (χ2n) is 4.67. The summed E-state index contributed by atoms with van der Waals surface area (Å²) in [4.78, 5) is 12.0. The van der Waals surface area contributed by atoms with Crippen molar-refractivity contribution < 1.29 is 28.2 Å². The quantitative estimate of drug-likeness (QED) is 0.824. The maximum absolute atomic E-state index is 12.7. The third-order valence-electron chi connectivity index (χ3n) is 3.34. The fourth-order valence-corrected chi connectivity index (χ4v) is 2.41. The molecule has 0 saturated carbocycles. The summed E-state index contributed by atoms with van der Waals surface area (Å²) in [7, 11) is 0. The van der Waals surface area contributed by atoms with Crippen LogP contribution in [-0.2, 0) is 6.18 Å². The minimum Gasteiger partial charge on any atom is -0.393 e. The minimum atomic E-state index is -4.69. The molecule has 1 aliphatic rings. The molecule has 4 nitrogen and oxygen atoms in total. The third-order valence-corrected chi connectivity index (χ3v) is 3.34. The summed E-state index contributed by atoms with van der Waals surface area (Å²) in [6.07, 6.45) is -7.47. The number of carbonyl (C=O) groups is 1. The maximum atomic E-state index is 12.7. The lowest BCUT2D eigenvalue weighted by atomic mass is 9.97. The molecular weight excluding hydrogens is 275 g/mol. The zero-order valence-electron chi connectivity index (χ0n) is 10.3. The lowest BCUT2D eigenvalue weighted by Gasteiger charge is -2.16. The molecule has 1 aromatic rings. The van der Waals surface area contributed by atoms with Crippen LogP contribution in [0.15, 0.2) is 12.1 Å². The number of hydrogen-bond acceptors (Lipinski definition) is 4. The molecule has 0 amide bonds. The molecule has 0 radical (unpaired) electrons. The Morgan fingerprint density at radius 1 is 1.40 bits per heavy atom. The molecule has 0 saturated heterocycles. The van der Waals surface area contributed by atoms with E-state index in [1.165, 1.54) is 13.0 Å². The molecule has 20 heavy (non-hydrogen) atoms. The number of carbonyl (C=O) groups excluding carboxylic acids is 1. The molecule has 0 bridgehead atoms. The van der Waals surface area contributed by atoms with Gasteiger partial charge < -0.3 is 10.2 Å². The Morgan fingerprint density at radius 3 is 2.45 bits per heavy atom. The van der Waals surface area contributed by atoms with Crippen molar-refractivity contribution in [1.82, 2.24) is 0 Å². The molecule has 0 aliphatic heterocycles. The summed E-state index contributed by atoms with van der Waals surface area (Å²) in [5.41, 5.74) is -2.04.